The molecule has 0 unspecified atom stereocenters. The summed E-state index contributed by atoms with van der Waals surface area (Å²) in [5.74, 6) is -0.862. The van der Waals surface area contributed by atoms with Gasteiger partial charge in [-0.3, -0.25) is 0 Å². The van der Waals surface area contributed by atoms with Gasteiger partial charge in [0.15, 0.2) is 5.69 Å². The highest BCUT2D eigenvalue weighted by Gasteiger charge is 2.26. The topological polar surface area (TPSA) is 65.5 Å². The van der Waals surface area contributed by atoms with E-state index in [2.05, 4.69) is 4.98 Å². The van der Waals surface area contributed by atoms with Crippen molar-refractivity contribution in [2.24, 2.45) is 0 Å². The zero-order valence-electron chi connectivity index (χ0n) is 9.94. The van der Waals surface area contributed by atoms with Crippen molar-refractivity contribution < 1.29 is 19.1 Å². The molecule has 5 nitrogen and oxygen atoms in total. The van der Waals surface area contributed by atoms with Crippen LogP contribution in [0.25, 0.3) is 0 Å². The highest BCUT2D eigenvalue weighted by atomic mass is 16.5. The maximum atomic E-state index is 11.8. The number of carbonyl (C=O) groups excluding carboxylic acids is 2. The fraction of sp³-hybridized carbons (Fsp3) is 0.417. The van der Waals surface area contributed by atoms with Crippen molar-refractivity contribution in [1.82, 2.24) is 4.98 Å². The molecular formula is C12H13NO4. The Morgan fingerprint density at radius 3 is 2.88 bits per heavy atom. The highest BCUT2D eigenvalue weighted by molar-refractivity contribution is 5.95. The third-order valence-corrected chi connectivity index (χ3v) is 2.41. The van der Waals surface area contributed by atoms with Crippen LogP contribution in [0.4, 0.5) is 0 Å². The summed E-state index contributed by atoms with van der Waals surface area (Å²) in [5, 5.41) is 0. The summed E-state index contributed by atoms with van der Waals surface area (Å²) in [6, 6.07) is 1.62. The lowest BCUT2D eigenvalue weighted by Crippen LogP contribution is -2.14. The summed E-state index contributed by atoms with van der Waals surface area (Å²) < 4.78 is 9.94. The molecule has 17 heavy (non-hydrogen) atoms. The van der Waals surface area contributed by atoms with E-state index >= 15 is 0 Å². The first kappa shape index (κ1) is 11.6. The van der Waals surface area contributed by atoms with E-state index in [-0.39, 0.29) is 12.7 Å². The molecule has 1 aliphatic heterocycles. The number of carbonyl (C=O) groups is 2. The molecule has 1 aromatic heterocycles. The summed E-state index contributed by atoms with van der Waals surface area (Å²) in [5.41, 5.74) is 1.80. The van der Waals surface area contributed by atoms with E-state index in [9.17, 15) is 9.59 Å². The van der Waals surface area contributed by atoms with Crippen LogP contribution >= 0.6 is 0 Å². The van der Waals surface area contributed by atoms with Crippen LogP contribution in [0.3, 0.4) is 0 Å². The van der Waals surface area contributed by atoms with Gasteiger partial charge in [-0.15, -0.1) is 0 Å². The second kappa shape index (κ2) is 4.16. The molecule has 0 saturated heterocycles. The van der Waals surface area contributed by atoms with Gasteiger partial charge in [0.25, 0.3) is 0 Å². The number of nitrogens with zero attached hydrogens (tertiary/aromatic N) is 1. The van der Waals surface area contributed by atoms with E-state index in [4.69, 9.17) is 9.47 Å². The molecule has 0 saturated carbocycles. The summed E-state index contributed by atoms with van der Waals surface area (Å²) >= 11 is 0. The average Bonchev–Trinajstić information content (AvgIpc) is 2.58. The predicted octanol–water partition coefficient (Wildman–Crippen LogP) is 1.63. The fourth-order valence-corrected chi connectivity index (χ4v) is 1.63. The number of hydrogen-bond donors (Lipinski definition) is 0. The first-order chi connectivity index (χ1) is 7.99. The SMILES string of the molecule is Cc1nc2c(cc1C(=O)OC(C)C)COC2=O. The van der Waals surface area contributed by atoms with Gasteiger partial charge in [-0.1, -0.05) is 0 Å². The Morgan fingerprint density at radius 1 is 1.53 bits per heavy atom. The van der Waals surface area contributed by atoms with Gasteiger partial charge in [0.2, 0.25) is 0 Å². The molecule has 0 fully saturated rings. The van der Waals surface area contributed by atoms with E-state index in [1.165, 1.54) is 0 Å². The molecule has 0 bridgehead atoms. The second-order valence-electron chi connectivity index (χ2n) is 4.16. The van der Waals surface area contributed by atoms with Gasteiger partial charge in [0.1, 0.15) is 6.61 Å². The van der Waals surface area contributed by atoms with E-state index in [1.807, 2.05) is 0 Å². The zero-order chi connectivity index (χ0) is 12.6. The smallest absolute Gasteiger partial charge is 0.357 e. The molecule has 0 aliphatic carbocycles. The lowest BCUT2D eigenvalue weighted by molar-refractivity contribution is 0.0376. The van der Waals surface area contributed by atoms with Gasteiger partial charge in [-0.2, -0.15) is 0 Å². The normalized spacial score (nSPS) is 13.5. The number of ether oxygens (including phenoxy) is 2. The molecule has 2 rings (SSSR count). The minimum Gasteiger partial charge on any atom is -0.459 e. The Labute approximate surface area is 98.7 Å². The number of cyclic esters (lactones) is 1. The number of aryl methyl sites for hydroxylation is 1. The third-order valence-electron chi connectivity index (χ3n) is 2.41. The minimum absolute atomic E-state index is 0.170. The number of rotatable bonds is 2. The molecule has 0 radical (unpaired) electrons. The van der Waals surface area contributed by atoms with Crippen molar-refractivity contribution in [3.05, 3.63) is 28.6 Å². The molecular weight excluding hydrogens is 222 g/mol. The van der Waals surface area contributed by atoms with Gasteiger partial charge in [-0.25, -0.2) is 14.6 Å². The zero-order valence-corrected chi connectivity index (χ0v) is 9.94. The van der Waals surface area contributed by atoms with E-state index in [0.717, 1.165) is 0 Å². The average molecular weight is 235 g/mol. The Morgan fingerprint density at radius 2 is 2.24 bits per heavy atom. The molecule has 90 valence electrons. The van der Waals surface area contributed by atoms with Crippen LogP contribution in [0.15, 0.2) is 6.07 Å². The number of pyridine rings is 1. The van der Waals surface area contributed by atoms with Crippen molar-refractivity contribution in [2.45, 2.75) is 33.5 Å². The van der Waals surface area contributed by atoms with Crippen LogP contribution in [0, 0.1) is 6.92 Å². The van der Waals surface area contributed by atoms with Crippen LogP contribution in [0.1, 0.15) is 46.0 Å². The molecule has 0 N–H and O–H groups in total. The van der Waals surface area contributed by atoms with Crippen LogP contribution < -0.4 is 0 Å². The number of aromatic nitrogens is 1. The number of hydrogen-bond acceptors (Lipinski definition) is 5. The molecule has 1 aromatic rings. The molecule has 0 aromatic carbocycles. The lowest BCUT2D eigenvalue weighted by atomic mass is 10.1. The molecule has 0 spiro atoms. The molecule has 0 amide bonds. The quantitative estimate of drug-likeness (QED) is 0.729. The Balaban J connectivity index is 2.37. The Kier molecular flexibility index (Phi) is 2.83. The van der Waals surface area contributed by atoms with Crippen LogP contribution in [0.2, 0.25) is 0 Å². The van der Waals surface area contributed by atoms with E-state index in [0.29, 0.717) is 22.5 Å². The van der Waals surface area contributed by atoms with Crippen molar-refractivity contribution in [1.29, 1.82) is 0 Å². The molecule has 0 atom stereocenters. The largest absolute Gasteiger partial charge is 0.459 e. The predicted molar refractivity (Wildman–Crippen MR) is 58.6 cm³/mol. The number of fused-ring (bicyclic) bond motifs is 1. The molecule has 2 heterocycles. The van der Waals surface area contributed by atoms with Gasteiger partial charge < -0.3 is 9.47 Å². The van der Waals surface area contributed by atoms with Crippen LogP contribution in [-0.4, -0.2) is 23.0 Å². The summed E-state index contributed by atoms with van der Waals surface area (Å²) in [7, 11) is 0. The summed E-state index contributed by atoms with van der Waals surface area (Å²) in [4.78, 5) is 27.1. The van der Waals surface area contributed by atoms with Crippen LogP contribution in [0.5, 0.6) is 0 Å². The van der Waals surface area contributed by atoms with Gasteiger partial charge >= 0.3 is 11.9 Å². The lowest BCUT2D eigenvalue weighted by Gasteiger charge is -2.10. The monoisotopic (exact) mass is 235 g/mol. The van der Waals surface area contributed by atoms with Crippen molar-refractivity contribution in [3.8, 4) is 0 Å². The van der Waals surface area contributed by atoms with Crippen molar-refractivity contribution >= 4 is 11.9 Å². The van der Waals surface area contributed by atoms with Gasteiger partial charge in [0, 0.05) is 5.56 Å². The maximum absolute atomic E-state index is 11.8. The second-order valence-corrected chi connectivity index (χ2v) is 4.16. The van der Waals surface area contributed by atoms with Crippen molar-refractivity contribution in [3.63, 3.8) is 0 Å². The van der Waals surface area contributed by atoms with E-state index < -0.39 is 11.9 Å². The van der Waals surface area contributed by atoms with Crippen LogP contribution in [-0.2, 0) is 16.1 Å². The van der Waals surface area contributed by atoms with Crippen molar-refractivity contribution in [2.75, 3.05) is 0 Å². The first-order valence-corrected chi connectivity index (χ1v) is 5.37. The highest BCUT2D eigenvalue weighted by Crippen LogP contribution is 2.21. The third kappa shape index (κ3) is 2.13. The van der Waals surface area contributed by atoms with Gasteiger partial charge in [-0.05, 0) is 26.8 Å². The first-order valence-electron chi connectivity index (χ1n) is 5.37. The summed E-state index contributed by atoms with van der Waals surface area (Å²) in [6.45, 7) is 5.40. The molecule has 1 aliphatic rings. The van der Waals surface area contributed by atoms with E-state index in [1.54, 1.807) is 26.8 Å². The molecule has 5 heteroatoms. The Hall–Kier alpha value is -1.91. The minimum atomic E-state index is -0.438. The number of esters is 2. The van der Waals surface area contributed by atoms with Gasteiger partial charge in [0.05, 0.1) is 17.4 Å². The fourth-order valence-electron chi connectivity index (χ4n) is 1.63. The standard InChI is InChI=1S/C12H13NO4/c1-6(2)17-11(14)9-4-8-5-16-12(15)10(8)13-7(9)3/h4,6H,5H2,1-3H3. The Bertz CT molecular complexity index is 494. The summed E-state index contributed by atoms with van der Waals surface area (Å²) in [6.07, 6.45) is -0.187. The maximum Gasteiger partial charge on any atom is 0.357 e.